The van der Waals surface area contributed by atoms with E-state index in [4.69, 9.17) is 0 Å². The van der Waals surface area contributed by atoms with Crippen LogP contribution in [0.1, 0.15) is 30.1 Å². The molecule has 0 atom stereocenters. The first-order valence-corrected chi connectivity index (χ1v) is 10.8. The Kier molecular flexibility index (Phi) is 5.79. The van der Waals surface area contributed by atoms with Gasteiger partial charge < -0.3 is 5.32 Å². The average molecular weight is 437 g/mol. The standard InChI is InChI=1S/C19H21BrN2O3S/c1-14-7-9-22(10-8-14)26(24,25)18-12-15(11-16(20)13-18)19(23)21-17-5-3-2-4-6-17/h2-6,11-14H,7-10H2,1H3,(H,21,23). The lowest BCUT2D eigenvalue weighted by Gasteiger charge is -2.29. The van der Waals surface area contributed by atoms with Gasteiger partial charge in [0.1, 0.15) is 0 Å². The van der Waals surface area contributed by atoms with E-state index in [-0.39, 0.29) is 10.8 Å². The van der Waals surface area contributed by atoms with Gasteiger partial charge in [0.2, 0.25) is 10.0 Å². The van der Waals surface area contributed by atoms with Crippen LogP contribution in [0, 0.1) is 5.92 Å². The van der Waals surface area contributed by atoms with E-state index in [1.165, 1.54) is 10.4 Å². The SMILES string of the molecule is CC1CCN(S(=O)(=O)c2cc(Br)cc(C(=O)Nc3ccccc3)c2)CC1. The van der Waals surface area contributed by atoms with E-state index in [2.05, 4.69) is 28.2 Å². The molecule has 0 radical (unpaired) electrons. The number of hydrogen-bond donors (Lipinski definition) is 1. The number of nitrogens with zero attached hydrogens (tertiary/aromatic N) is 1. The third-order valence-electron chi connectivity index (χ3n) is 4.55. The van der Waals surface area contributed by atoms with Crippen molar-refractivity contribution in [3.63, 3.8) is 0 Å². The molecule has 5 nitrogen and oxygen atoms in total. The van der Waals surface area contributed by atoms with E-state index in [9.17, 15) is 13.2 Å². The third kappa shape index (κ3) is 4.34. The zero-order chi connectivity index (χ0) is 18.7. The molecule has 0 bridgehead atoms. The first kappa shape index (κ1) is 19.1. The summed E-state index contributed by atoms with van der Waals surface area (Å²) in [5.41, 5.74) is 0.957. The highest BCUT2D eigenvalue weighted by molar-refractivity contribution is 9.10. The Bertz CT molecular complexity index is 892. The molecule has 7 heteroatoms. The van der Waals surface area contributed by atoms with E-state index in [0.29, 0.717) is 34.7 Å². The number of piperidine rings is 1. The zero-order valence-corrected chi connectivity index (χ0v) is 16.9. The second-order valence-electron chi connectivity index (χ2n) is 6.58. The van der Waals surface area contributed by atoms with Gasteiger partial charge in [-0.1, -0.05) is 41.1 Å². The van der Waals surface area contributed by atoms with Gasteiger partial charge in [-0.05, 0) is 49.1 Å². The molecule has 1 N–H and O–H groups in total. The minimum Gasteiger partial charge on any atom is -0.322 e. The fourth-order valence-electron chi connectivity index (χ4n) is 2.94. The van der Waals surface area contributed by atoms with Gasteiger partial charge in [-0.25, -0.2) is 8.42 Å². The number of halogens is 1. The van der Waals surface area contributed by atoms with Crippen LogP contribution in [0.15, 0.2) is 57.9 Å². The number of para-hydroxylation sites is 1. The van der Waals surface area contributed by atoms with Gasteiger partial charge in [-0.3, -0.25) is 4.79 Å². The van der Waals surface area contributed by atoms with Crippen LogP contribution in [0.5, 0.6) is 0 Å². The molecule has 1 heterocycles. The molecule has 138 valence electrons. The predicted molar refractivity (Wildman–Crippen MR) is 106 cm³/mol. The fourth-order valence-corrected chi connectivity index (χ4v) is 5.13. The van der Waals surface area contributed by atoms with Crippen LogP contribution in [-0.2, 0) is 10.0 Å². The molecule has 0 unspecified atom stereocenters. The summed E-state index contributed by atoms with van der Waals surface area (Å²) in [6.45, 7) is 3.16. The molecule has 1 fully saturated rings. The molecule has 0 spiro atoms. The van der Waals surface area contributed by atoms with Crippen molar-refractivity contribution in [3.8, 4) is 0 Å². The lowest BCUT2D eigenvalue weighted by atomic mass is 10.0. The van der Waals surface area contributed by atoms with Crippen LogP contribution in [0.2, 0.25) is 0 Å². The number of rotatable bonds is 4. The number of anilines is 1. The Morgan fingerprint density at radius 2 is 1.77 bits per heavy atom. The lowest BCUT2D eigenvalue weighted by Crippen LogP contribution is -2.38. The summed E-state index contributed by atoms with van der Waals surface area (Å²) in [5, 5.41) is 2.78. The quantitative estimate of drug-likeness (QED) is 0.783. The van der Waals surface area contributed by atoms with Crippen LogP contribution in [0.25, 0.3) is 0 Å². The lowest BCUT2D eigenvalue weighted by molar-refractivity contribution is 0.102. The fraction of sp³-hybridized carbons (Fsp3) is 0.316. The molecule has 1 aliphatic heterocycles. The van der Waals surface area contributed by atoms with Crippen molar-refractivity contribution >= 4 is 37.5 Å². The number of hydrogen-bond acceptors (Lipinski definition) is 3. The second-order valence-corrected chi connectivity index (χ2v) is 9.44. The highest BCUT2D eigenvalue weighted by Gasteiger charge is 2.29. The van der Waals surface area contributed by atoms with Crippen molar-refractivity contribution in [2.24, 2.45) is 5.92 Å². The van der Waals surface area contributed by atoms with Crippen LogP contribution < -0.4 is 5.32 Å². The van der Waals surface area contributed by atoms with Crippen molar-refractivity contribution in [3.05, 3.63) is 58.6 Å². The topological polar surface area (TPSA) is 66.5 Å². The summed E-state index contributed by atoms with van der Waals surface area (Å²) in [6.07, 6.45) is 1.71. The predicted octanol–water partition coefficient (Wildman–Crippen LogP) is 4.12. The van der Waals surface area contributed by atoms with Crippen LogP contribution in [0.3, 0.4) is 0 Å². The molecule has 2 aromatic rings. The first-order valence-electron chi connectivity index (χ1n) is 8.53. The number of carbonyl (C=O) groups excluding carboxylic acids is 1. The molecule has 0 aliphatic carbocycles. The van der Waals surface area contributed by atoms with E-state index in [1.54, 1.807) is 24.3 Å². The molecule has 0 saturated carbocycles. The van der Waals surface area contributed by atoms with Crippen molar-refractivity contribution in [2.45, 2.75) is 24.7 Å². The summed E-state index contributed by atoms with van der Waals surface area (Å²) in [6, 6.07) is 13.7. The van der Waals surface area contributed by atoms with Crippen LogP contribution in [0.4, 0.5) is 5.69 Å². The van der Waals surface area contributed by atoms with E-state index < -0.39 is 10.0 Å². The van der Waals surface area contributed by atoms with Crippen molar-refractivity contribution in [1.29, 1.82) is 0 Å². The Labute approximate surface area is 162 Å². The summed E-state index contributed by atoms with van der Waals surface area (Å²) < 4.78 is 28.0. The Morgan fingerprint density at radius 3 is 2.42 bits per heavy atom. The van der Waals surface area contributed by atoms with Crippen molar-refractivity contribution in [2.75, 3.05) is 18.4 Å². The normalized spacial score (nSPS) is 16.4. The summed E-state index contributed by atoms with van der Waals surface area (Å²) in [4.78, 5) is 12.7. The van der Waals surface area contributed by atoms with Crippen molar-refractivity contribution < 1.29 is 13.2 Å². The summed E-state index contributed by atoms with van der Waals surface area (Å²) >= 11 is 3.33. The second kappa shape index (κ2) is 7.90. The van der Waals surface area contributed by atoms with Gasteiger partial charge in [0.25, 0.3) is 5.91 Å². The van der Waals surface area contributed by atoms with Gasteiger partial charge >= 0.3 is 0 Å². The van der Waals surface area contributed by atoms with Crippen LogP contribution in [-0.4, -0.2) is 31.7 Å². The third-order valence-corrected chi connectivity index (χ3v) is 6.88. The summed E-state index contributed by atoms with van der Waals surface area (Å²) in [5.74, 6) is 0.192. The first-order chi connectivity index (χ1) is 12.4. The molecule has 1 amide bonds. The van der Waals surface area contributed by atoms with Gasteiger partial charge in [0.05, 0.1) is 4.90 Å². The highest BCUT2D eigenvalue weighted by atomic mass is 79.9. The molecular weight excluding hydrogens is 416 g/mol. The maximum absolute atomic E-state index is 13.0. The zero-order valence-electron chi connectivity index (χ0n) is 14.5. The number of amides is 1. The van der Waals surface area contributed by atoms with Gasteiger partial charge in [0.15, 0.2) is 0 Å². The minimum atomic E-state index is -3.61. The Balaban J connectivity index is 1.86. The molecule has 0 aromatic heterocycles. The number of nitrogens with one attached hydrogen (secondary N) is 1. The molecule has 3 rings (SSSR count). The maximum Gasteiger partial charge on any atom is 0.255 e. The molecule has 1 saturated heterocycles. The van der Waals surface area contributed by atoms with Gasteiger partial charge in [-0.2, -0.15) is 4.31 Å². The summed E-state index contributed by atoms with van der Waals surface area (Å²) in [7, 11) is -3.61. The highest BCUT2D eigenvalue weighted by Crippen LogP contribution is 2.26. The molecular formula is C19H21BrN2O3S. The van der Waals surface area contributed by atoms with E-state index in [0.717, 1.165) is 12.8 Å². The Morgan fingerprint density at radius 1 is 1.12 bits per heavy atom. The average Bonchev–Trinajstić information content (AvgIpc) is 2.62. The number of benzene rings is 2. The molecule has 1 aliphatic rings. The minimum absolute atomic E-state index is 0.139. The molecule has 26 heavy (non-hydrogen) atoms. The van der Waals surface area contributed by atoms with Gasteiger partial charge in [0, 0.05) is 28.8 Å². The number of carbonyl (C=O) groups is 1. The monoisotopic (exact) mass is 436 g/mol. The Hall–Kier alpha value is -1.70. The van der Waals surface area contributed by atoms with Crippen LogP contribution >= 0.6 is 15.9 Å². The van der Waals surface area contributed by atoms with Crippen molar-refractivity contribution in [1.82, 2.24) is 4.31 Å². The van der Waals surface area contributed by atoms with Gasteiger partial charge in [-0.15, -0.1) is 0 Å². The largest absolute Gasteiger partial charge is 0.322 e. The molecule has 2 aromatic carbocycles. The van der Waals surface area contributed by atoms with E-state index >= 15 is 0 Å². The number of sulfonamides is 1. The van der Waals surface area contributed by atoms with E-state index in [1.807, 2.05) is 18.2 Å². The smallest absolute Gasteiger partial charge is 0.255 e. The maximum atomic E-state index is 13.0.